The van der Waals surface area contributed by atoms with E-state index in [1.165, 1.54) is 12.4 Å². The van der Waals surface area contributed by atoms with E-state index in [0.29, 0.717) is 42.8 Å². The van der Waals surface area contributed by atoms with Crippen molar-refractivity contribution in [1.29, 1.82) is 0 Å². The van der Waals surface area contributed by atoms with Gasteiger partial charge in [0.1, 0.15) is 11.4 Å². The number of likely N-dealkylation sites (tertiary alicyclic amines) is 1. The summed E-state index contributed by atoms with van der Waals surface area (Å²) < 4.78 is 6.26. The predicted molar refractivity (Wildman–Crippen MR) is 90.5 cm³/mol. The lowest BCUT2D eigenvalue weighted by Gasteiger charge is -2.37. The van der Waals surface area contributed by atoms with Crippen molar-refractivity contribution in [2.45, 2.75) is 31.3 Å². The number of ketones is 1. The van der Waals surface area contributed by atoms with E-state index >= 15 is 0 Å². The molecule has 2 aromatic rings. The SMILES string of the molecule is O=C1CC2(CCCN(C(=O)c3ccnnc3)CC2)Oc2ccccc21. The fraction of sp³-hybridized carbons (Fsp3) is 0.368. The molecular formula is C19H19N3O3. The van der Waals surface area contributed by atoms with Crippen LogP contribution in [0.2, 0.25) is 0 Å². The Hall–Kier alpha value is -2.76. The van der Waals surface area contributed by atoms with Crippen LogP contribution in [0.3, 0.4) is 0 Å². The van der Waals surface area contributed by atoms with Crippen molar-refractivity contribution < 1.29 is 14.3 Å². The van der Waals surface area contributed by atoms with E-state index in [2.05, 4.69) is 10.2 Å². The van der Waals surface area contributed by atoms with Crippen molar-refractivity contribution in [2.24, 2.45) is 0 Å². The van der Waals surface area contributed by atoms with Crippen LogP contribution < -0.4 is 4.74 Å². The molecule has 1 aromatic carbocycles. The van der Waals surface area contributed by atoms with Crippen molar-refractivity contribution >= 4 is 11.7 Å². The average Bonchev–Trinajstić information content (AvgIpc) is 2.84. The molecule has 1 saturated heterocycles. The highest BCUT2D eigenvalue weighted by atomic mass is 16.5. The van der Waals surface area contributed by atoms with Crippen molar-refractivity contribution in [3.05, 3.63) is 53.9 Å². The number of Topliss-reactive ketones (excluding diaryl/α,β-unsaturated/α-hetero) is 1. The van der Waals surface area contributed by atoms with Gasteiger partial charge in [-0.05, 0) is 31.0 Å². The summed E-state index contributed by atoms with van der Waals surface area (Å²) in [6.07, 6.45) is 5.61. The lowest BCUT2D eigenvalue weighted by atomic mass is 9.84. The van der Waals surface area contributed by atoms with Crippen LogP contribution in [0.1, 0.15) is 46.4 Å². The van der Waals surface area contributed by atoms with Gasteiger partial charge in [-0.3, -0.25) is 9.59 Å². The molecule has 2 aliphatic rings. The van der Waals surface area contributed by atoms with Crippen molar-refractivity contribution in [3.63, 3.8) is 0 Å². The maximum atomic E-state index is 12.6. The van der Waals surface area contributed by atoms with Gasteiger partial charge in [0.2, 0.25) is 0 Å². The second-order valence-corrected chi connectivity index (χ2v) is 6.66. The molecule has 128 valence electrons. The molecule has 1 atom stereocenters. The van der Waals surface area contributed by atoms with Gasteiger partial charge < -0.3 is 9.64 Å². The maximum Gasteiger partial charge on any atom is 0.255 e. The second kappa shape index (κ2) is 6.27. The van der Waals surface area contributed by atoms with Crippen LogP contribution in [-0.4, -0.2) is 45.5 Å². The minimum absolute atomic E-state index is 0.0468. The number of fused-ring (bicyclic) bond motifs is 1. The van der Waals surface area contributed by atoms with Crippen LogP contribution in [0.5, 0.6) is 5.75 Å². The Morgan fingerprint density at radius 3 is 2.84 bits per heavy atom. The summed E-state index contributed by atoms with van der Waals surface area (Å²) >= 11 is 0. The Morgan fingerprint density at radius 1 is 1.12 bits per heavy atom. The lowest BCUT2D eigenvalue weighted by molar-refractivity contribution is 0.0300. The van der Waals surface area contributed by atoms with E-state index in [9.17, 15) is 9.59 Å². The first-order chi connectivity index (χ1) is 12.2. The number of ether oxygens (including phenoxy) is 1. The number of carbonyl (C=O) groups excluding carboxylic acids is 2. The van der Waals surface area contributed by atoms with Crippen LogP contribution in [0.4, 0.5) is 0 Å². The highest BCUT2D eigenvalue weighted by Crippen LogP contribution is 2.39. The molecule has 25 heavy (non-hydrogen) atoms. The number of rotatable bonds is 1. The molecule has 1 fully saturated rings. The number of hydrogen-bond acceptors (Lipinski definition) is 5. The summed E-state index contributed by atoms with van der Waals surface area (Å²) in [5.74, 6) is 0.742. The smallest absolute Gasteiger partial charge is 0.255 e. The molecule has 0 bridgehead atoms. The lowest BCUT2D eigenvalue weighted by Crippen LogP contribution is -2.43. The summed E-state index contributed by atoms with van der Waals surface area (Å²) in [4.78, 5) is 27.0. The van der Waals surface area contributed by atoms with Gasteiger partial charge in [-0.2, -0.15) is 10.2 Å². The van der Waals surface area contributed by atoms with Gasteiger partial charge in [-0.1, -0.05) is 12.1 Å². The number of amides is 1. The van der Waals surface area contributed by atoms with Crippen molar-refractivity contribution in [3.8, 4) is 5.75 Å². The molecule has 0 saturated carbocycles. The number of carbonyl (C=O) groups is 2. The molecule has 1 amide bonds. The zero-order chi connectivity index (χ0) is 17.3. The molecule has 6 heteroatoms. The molecule has 1 unspecified atom stereocenters. The summed E-state index contributed by atoms with van der Waals surface area (Å²) in [5.41, 5.74) is 0.696. The molecule has 1 spiro atoms. The van der Waals surface area contributed by atoms with Gasteiger partial charge >= 0.3 is 0 Å². The van der Waals surface area contributed by atoms with E-state index in [0.717, 1.165) is 12.8 Å². The molecule has 3 heterocycles. The first-order valence-corrected chi connectivity index (χ1v) is 8.54. The number of para-hydroxylation sites is 1. The first-order valence-electron chi connectivity index (χ1n) is 8.54. The zero-order valence-electron chi connectivity index (χ0n) is 13.9. The summed E-state index contributed by atoms with van der Waals surface area (Å²) in [5, 5.41) is 7.49. The highest BCUT2D eigenvalue weighted by molar-refractivity contribution is 6.00. The van der Waals surface area contributed by atoms with E-state index in [-0.39, 0.29) is 11.7 Å². The summed E-state index contributed by atoms with van der Waals surface area (Å²) in [6.45, 7) is 1.22. The molecule has 0 radical (unpaired) electrons. The average molecular weight is 337 g/mol. The third-order valence-electron chi connectivity index (χ3n) is 5.01. The quantitative estimate of drug-likeness (QED) is 0.799. The fourth-order valence-electron chi connectivity index (χ4n) is 3.69. The summed E-state index contributed by atoms with van der Waals surface area (Å²) in [7, 11) is 0. The Kier molecular flexibility index (Phi) is 3.95. The highest BCUT2D eigenvalue weighted by Gasteiger charge is 2.42. The van der Waals surface area contributed by atoms with Gasteiger partial charge in [-0.15, -0.1) is 0 Å². The topological polar surface area (TPSA) is 72.4 Å². The minimum atomic E-state index is -0.503. The third kappa shape index (κ3) is 2.99. The molecule has 0 aliphatic carbocycles. The summed E-state index contributed by atoms with van der Waals surface area (Å²) in [6, 6.07) is 9.08. The standard InChI is InChI=1S/C19H19N3O3/c23-16-12-19(25-17-5-2-1-4-15(16)17)7-3-10-22(11-8-19)18(24)14-6-9-20-21-13-14/h1-2,4-6,9,13H,3,7-8,10-12H2. The van der Waals surface area contributed by atoms with E-state index in [4.69, 9.17) is 4.74 Å². The Labute approximate surface area is 145 Å². The van der Waals surface area contributed by atoms with Gasteiger partial charge in [0.25, 0.3) is 5.91 Å². The zero-order valence-corrected chi connectivity index (χ0v) is 13.9. The monoisotopic (exact) mass is 337 g/mol. The fourth-order valence-corrected chi connectivity index (χ4v) is 3.69. The van der Waals surface area contributed by atoms with Crippen LogP contribution in [0, 0.1) is 0 Å². The molecule has 6 nitrogen and oxygen atoms in total. The van der Waals surface area contributed by atoms with Crippen molar-refractivity contribution in [2.75, 3.05) is 13.1 Å². The predicted octanol–water partition coefficient (Wildman–Crippen LogP) is 2.51. The van der Waals surface area contributed by atoms with Crippen molar-refractivity contribution in [1.82, 2.24) is 15.1 Å². The molecular weight excluding hydrogens is 318 g/mol. The number of nitrogens with zero attached hydrogens (tertiary/aromatic N) is 3. The number of hydrogen-bond donors (Lipinski definition) is 0. The van der Waals surface area contributed by atoms with Crippen LogP contribution in [-0.2, 0) is 0 Å². The minimum Gasteiger partial charge on any atom is -0.486 e. The van der Waals surface area contributed by atoms with Gasteiger partial charge in [0.15, 0.2) is 5.78 Å². The Balaban J connectivity index is 1.52. The number of aromatic nitrogens is 2. The normalized spacial score (nSPS) is 22.9. The number of benzene rings is 1. The van der Waals surface area contributed by atoms with E-state index in [1.54, 1.807) is 6.07 Å². The van der Waals surface area contributed by atoms with Crippen LogP contribution in [0.15, 0.2) is 42.7 Å². The van der Waals surface area contributed by atoms with Crippen LogP contribution >= 0.6 is 0 Å². The molecule has 0 N–H and O–H groups in total. The van der Waals surface area contributed by atoms with Gasteiger partial charge in [0, 0.05) is 19.5 Å². The molecule has 2 aliphatic heterocycles. The Bertz CT molecular complexity index is 809. The van der Waals surface area contributed by atoms with E-state index < -0.39 is 5.60 Å². The Morgan fingerprint density at radius 2 is 2.00 bits per heavy atom. The first kappa shape index (κ1) is 15.7. The molecule has 1 aromatic heterocycles. The van der Waals surface area contributed by atoms with Crippen LogP contribution in [0.25, 0.3) is 0 Å². The second-order valence-electron chi connectivity index (χ2n) is 6.66. The van der Waals surface area contributed by atoms with Gasteiger partial charge in [-0.25, -0.2) is 0 Å². The largest absolute Gasteiger partial charge is 0.486 e. The third-order valence-corrected chi connectivity index (χ3v) is 5.01. The van der Waals surface area contributed by atoms with E-state index in [1.807, 2.05) is 29.2 Å². The maximum absolute atomic E-state index is 12.6. The molecule has 4 rings (SSSR count). The van der Waals surface area contributed by atoms with Gasteiger partial charge in [0.05, 0.1) is 29.9 Å².